The van der Waals surface area contributed by atoms with Crippen molar-refractivity contribution in [1.29, 1.82) is 0 Å². The third-order valence-corrected chi connectivity index (χ3v) is 3.75. The summed E-state index contributed by atoms with van der Waals surface area (Å²) in [6, 6.07) is 2.49. The molecule has 24 heavy (non-hydrogen) atoms. The average molecular weight is 336 g/mol. The Labute approximate surface area is 143 Å². The molecule has 0 heterocycles. The molecule has 5 nitrogen and oxygen atoms in total. The van der Waals surface area contributed by atoms with Crippen molar-refractivity contribution in [1.82, 2.24) is 0 Å². The lowest BCUT2D eigenvalue weighted by molar-refractivity contribution is -0.137. The minimum atomic E-state index is -0.579. The molecule has 0 bridgehead atoms. The van der Waals surface area contributed by atoms with Gasteiger partial charge in [-0.1, -0.05) is 51.9 Å². The quantitative estimate of drug-likeness (QED) is 0.240. The molecular formula is C19H28O5. The van der Waals surface area contributed by atoms with Gasteiger partial charge in [-0.25, -0.2) is 4.79 Å². The maximum absolute atomic E-state index is 11.6. The topological polar surface area (TPSA) is 87.0 Å². The Hall–Kier alpha value is -2.17. The largest absolute Gasteiger partial charge is 0.504 e. The molecule has 1 aromatic carbocycles. The first-order chi connectivity index (χ1) is 11.5. The van der Waals surface area contributed by atoms with E-state index in [1.54, 1.807) is 0 Å². The van der Waals surface area contributed by atoms with Gasteiger partial charge in [-0.2, -0.15) is 0 Å². The van der Waals surface area contributed by atoms with Gasteiger partial charge in [0.25, 0.3) is 0 Å². The Morgan fingerprint density at radius 2 is 1.50 bits per heavy atom. The van der Waals surface area contributed by atoms with Crippen LogP contribution in [0.2, 0.25) is 0 Å². The fourth-order valence-electron chi connectivity index (χ4n) is 2.34. The lowest BCUT2D eigenvalue weighted by Gasteiger charge is -2.03. The van der Waals surface area contributed by atoms with E-state index in [4.69, 9.17) is 4.74 Å². The molecule has 5 heteroatoms. The third kappa shape index (κ3) is 7.90. The Kier molecular flexibility index (Phi) is 9.42. The van der Waals surface area contributed by atoms with Gasteiger partial charge in [0.2, 0.25) is 0 Å². The molecule has 1 rings (SSSR count). The Bertz CT molecular complexity index is 514. The van der Waals surface area contributed by atoms with Crippen molar-refractivity contribution in [3.8, 4) is 17.2 Å². The smallest absolute Gasteiger partial charge is 0.330 e. The van der Waals surface area contributed by atoms with Gasteiger partial charge in [0.1, 0.15) is 0 Å². The summed E-state index contributed by atoms with van der Waals surface area (Å²) in [7, 11) is 0. The molecule has 0 radical (unpaired) electrons. The van der Waals surface area contributed by atoms with Crippen LogP contribution in [0.25, 0.3) is 6.08 Å². The lowest BCUT2D eigenvalue weighted by atomic mass is 10.1. The summed E-state index contributed by atoms with van der Waals surface area (Å²) >= 11 is 0. The third-order valence-electron chi connectivity index (χ3n) is 3.75. The van der Waals surface area contributed by atoms with Gasteiger partial charge < -0.3 is 20.1 Å². The van der Waals surface area contributed by atoms with Crippen LogP contribution in [-0.4, -0.2) is 27.9 Å². The molecule has 0 saturated carbocycles. The highest BCUT2D eigenvalue weighted by Crippen LogP contribution is 2.35. The summed E-state index contributed by atoms with van der Waals surface area (Å²) < 4.78 is 5.09. The molecule has 0 aliphatic heterocycles. The number of aromatic hydroxyl groups is 3. The number of hydrogen-bond acceptors (Lipinski definition) is 5. The number of carbonyl (C=O) groups excluding carboxylic acids is 1. The summed E-state index contributed by atoms with van der Waals surface area (Å²) in [6.07, 6.45) is 12.1. The van der Waals surface area contributed by atoms with E-state index in [1.807, 2.05) is 0 Å². The Morgan fingerprint density at radius 3 is 2.08 bits per heavy atom. The zero-order valence-corrected chi connectivity index (χ0v) is 14.3. The van der Waals surface area contributed by atoms with Crippen LogP contribution in [0.5, 0.6) is 17.2 Å². The first-order valence-corrected chi connectivity index (χ1v) is 8.64. The van der Waals surface area contributed by atoms with E-state index < -0.39 is 23.2 Å². The van der Waals surface area contributed by atoms with Crippen LogP contribution in [0.3, 0.4) is 0 Å². The summed E-state index contributed by atoms with van der Waals surface area (Å²) in [4.78, 5) is 11.6. The second kappa shape index (κ2) is 11.4. The summed E-state index contributed by atoms with van der Waals surface area (Å²) in [6.45, 7) is 2.60. The van der Waals surface area contributed by atoms with Gasteiger partial charge in [0, 0.05) is 6.08 Å². The van der Waals surface area contributed by atoms with Crippen LogP contribution in [0.1, 0.15) is 63.9 Å². The molecule has 0 fully saturated rings. The molecule has 0 amide bonds. The van der Waals surface area contributed by atoms with Gasteiger partial charge >= 0.3 is 5.97 Å². The van der Waals surface area contributed by atoms with Crippen molar-refractivity contribution < 1.29 is 24.9 Å². The molecule has 1 aromatic rings. The van der Waals surface area contributed by atoms with Gasteiger partial charge in [-0.15, -0.1) is 0 Å². The summed E-state index contributed by atoms with van der Waals surface area (Å²) in [5.41, 5.74) is 0.395. The minimum Gasteiger partial charge on any atom is -0.504 e. The van der Waals surface area contributed by atoms with Gasteiger partial charge in [0.15, 0.2) is 17.2 Å². The van der Waals surface area contributed by atoms with Crippen LogP contribution in [0.4, 0.5) is 0 Å². The van der Waals surface area contributed by atoms with Crippen molar-refractivity contribution in [2.24, 2.45) is 0 Å². The Morgan fingerprint density at radius 1 is 0.958 bits per heavy atom. The van der Waals surface area contributed by atoms with Crippen molar-refractivity contribution >= 4 is 12.0 Å². The molecule has 3 N–H and O–H groups in total. The van der Waals surface area contributed by atoms with E-state index >= 15 is 0 Å². The fraction of sp³-hybridized carbons (Fsp3) is 0.526. The number of rotatable bonds is 11. The van der Waals surface area contributed by atoms with Crippen molar-refractivity contribution in [2.45, 2.75) is 58.3 Å². The van der Waals surface area contributed by atoms with Crippen LogP contribution in [0, 0.1) is 0 Å². The van der Waals surface area contributed by atoms with Crippen molar-refractivity contribution in [2.75, 3.05) is 6.61 Å². The molecule has 0 saturated heterocycles. The molecule has 0 atom stereocenters. The van der Waals surface area contributed by atoms with Gasteiger partial charge in [-0.3, -0.25) is 0 Å². The molecule has 0 unspecified atom stereocenters. The van der Waals surface area contributed by atoms with E-state index in [0.29, 0.717) is 12.2 Å². The van der Waals surface area contributed by atoms with Crippen LogP contribution >= 0.6 is 0 Å². The standard InChI is InChI=1S/C19H28O5/c1-2-3-4-5-6-7-8-9-12-24-18(22)11-10-15-13-16(20)19(23)17(21)14-15/h10-11,13-14,20-21,23H,2-9,12H2,1H3/b11-10+. The number of esters is 1. The van der Waals surface area contributed by atoms with Crippen molar-refractivity contribution in [3.63, 3.8) is 0 Å². The zero-order valence-electron chi connectivity index (χ0n) is 14.3. The molecule has 0 spiro atoms. The normalized spacial score (nSPS) is 11.0. The predicted molar refractivity (Wildman–Crippen MR) is 94.0 cm³/mol. The van der Waals surface area contributed by atoms with E-state index in [2.05, 4.69) is 6.92 Å². The van der Waals surface area contributed by atoms with Crippen molar-refractivity contribution in [3.05, 3.63) is 23.8 Å². The predicted octanol–water partition coefficient (Wildman–Crippen LogP) is 4.50. The molecule has 0 aliphatic rings. The summed E-state index contributed by atoms with van der Waals surface area (Å²) in [5, 5.41) is 28.0. The summed E-state index contributed by atoms with van der Waals surface area (Å²) in [5.74, 6) is -1.93. The fourth-order valence-corrected chi connectivity index (χ4v) is 2.34. The van der Waals surface area contributed by atoms with Gasteiger partial charge in [-0.05, 0) is 30.2 Å². The Balaban J connectivity index is 2.18. The number of unbranched alkanes of at least 4 members (excludes halogenated alkanes) is 7. The minimum absolute atomic E-state index is 0.393. The van der Waals surface area contributed by atoms with Gasteiger partial charge in [0.05, 0.1) is 6.61 Å². The lowest BCUT2D eigenvalue weighted by Crippen LogP contribution is -2.02. The number of ether oxygens (including phenoxy) is 1. The van der Waals surface area contributed by atoms with E-state index in [-0.39, 0.29) is 0 Å². The maximum Gasteiger partial charge on any atom is 0.330 e. The number of carbonyl (C=O) groups is 1. The average Bonchev–Trinajstić information content (AvgIpc) is 2.56. The highest BCUT2D eigenvalue weighted by molar-refractivity contribution is 5.87. The monoisotopic (exact) mass is 336 g/mol. The molecular weight excluding hydrogens is 308 g/mol. The number of phenolic OH excluding ortho intramolecular Hbond substituents is 3. The second-order valence-corrected chi connectivity index (χ2v) is 5.88. The van der Waals surface area contributed by atoms with E-state index in [1.165, 1.54) is 62.8 Å². The highest BCUT2D eigenvalue weighted by Gasteiger charge is 2.06. The zero-order chi connectivity index (χ0) is 17.8. The maximum atomic E-state index is 11.6. The van der Waals surface area contributed by atoms with Crippen LogP contribution < -0.4 is 0 Å². The molecule has 0 aliphatic carbocycles. The van der Waals surface area contributed by atoms with Crippen LogP contribution in [0.15, 0.2) is 18.2 Å². The highest BCUT2D eigenvalue weighted by atomic mass is 16.5. The molecule has 0 aromatic heterocycles. The SMILES string of the molecule is CCCCCCCCCCOC(=O)/C=C/c1cc(O)c(O)c(O)c1. The van der Waals surface area contributed by atoms with E-state index in [0.717, 1.165) is 12.8 Å². The number of benzene rings is 1. The molecule has 134 valence electrons. The number of hydrogen-bond donors (Lipinski definition) is 3. The second-order valence-electron chi connectivity index (χ2n) is 5.88. The van der Waals surface area contributed by atoms with E-state index in [9.17, 15) is 20.1 Å². The van der Waals surface area contributed by atoms with Crippen LogP contribution in [-0.2, 0) is 9.53 Å². The first-order valence-electron chi connectivity index (χ1n) is 8.64. The first kappa shape index (κ1) is 19.9. The number of phenols is 3.